The first-order chi connectivity index (χ1) is 8.22. The van der Waals surface area contributed by atoms with Crippen LogP contribution in [-0.4, -0.2) is 19.0 Å². The number of carbonyl (C=O) groups excluding carboxylic acids is 1. The summed E-state index contributed by atoms with van der Waals surface area (Å²) in [6.07, 6.45) is 0.0880. The molecule has 1 unspecified atom stereocenters. The lowest BCUT2D eigenvalue weighted by molar-refractivity contribution is -0.127. The van der Waals surface area contributed by atoms with Crippen LogP contribution in [0.25, 0.3) is 10.8 Å². The molecular formula is C15H16O2. The highest BCUT2D eigenvalue weighted by Gasteiger charge is 2.13. The first kappa shape index (κ1) is 11.8. The van der Waals surface area contributed by atoms with E-state index in [1.165, 1.54) is 5.39 Å². The molecule has 0 saturated carbocycles. The van der Waals surface area contributed by atoms with Crippen LogP contribution < -0.4 is 0 Å². The van der Waals surface area contributed by atoms with Gasteiger partial charge in [-0.1, -0.05) is 42.5 Å². The number of ketones is 1. The molecule has 1 atom stereocenters. The van der Waals surface area contributed by atoms with Gasteiger partial charge in [0.25, 0.3) is 0 Å². The number of rotatable bonds is 4. The zero-order chi connectivity index (χ0) is 12.3. The number of methoxy groups -OCH3 is 1. The van der Waals surface area contributed by atoms with Crippen molar-refractivity contribution < 1.29 is 9.53 Å². The van der Waals surface area contributed by atoms with Crippen molar-refractivity contribution in [3.8, 4) is 0 Å². The molecule has 17 heavy (non-hydrogen) atoms. The van der Waals surface area contributed by atoms with Crippen LogP contribution in [-0.2, 0) is 16.0 Å². The second-order valence-electron chi connectivity index (χ2n) is 4.16. The SMILES string of the molecule is COC(C)C(=O)Cc1cccc2ccccc12. The molecule has 2 heteroatoms. The van der Waals surface area contributed by atoms with Gasteiger partial charge in [0.2, 0.25) is 0 Å². The number of fused-ring (bicyclic) bond motifs is 1. The van der Waals surface area contributed by atoms with E-state index in [4.69, 9.17) is 4.74 Å². The molecule has 2 aromatic carbocycles. The van der Waals surface area contributed by atoms with E-state index in [1.807, 2.05) is 24.3 Å². The second-order valence-corrected chi connectivity index (χ2v) is 4.16. The summed E-state index contributed by atoms with van der Waals surface area (Å²) < 4.78 is 5.05. The predicted molar refractivity (Wildman–Crippen MR) is 69.1 cm³/mol. The molecule has 0 spiro atoms. The number of Topliss-reactive ketones (excluding diaryl/α,β-unsaturated/α-hetero) is 1. The fraction of sp³-hybridized carbons (Fsp3) is 0.267. The fourth-order valence-electron chi connectivity index (χ4n) is 1.91. The fourth-order valence-corrected chi connectivity index (χ4v) is 1.91. The van der Waals surface area contributed by atoms with Crippen molar-refractivity contribution in [3.63, 3.8) is 0 Å². The molecule has 0 aliphatic carbocycles. The summed E-state index contributed by atoms with van der Waals surface area (Å²) in [5.74, 6) is 0.115. The Labute approximate surface area is 101 Å². The average molecular weight is 228 g/mol. The Kier molecular flexibility index (Phi) is 3.55. The molecule has 0 aliphatic heterocycles. The molecule has 0 N–H and O–H groups in total. The van der Waals surface area contributed by atoms with Gasteiger partial charge >= 0.3 is 0 Å². The van der Waals surface area contributed by atoms with Crippen molar-refractivity contribution in [2.45, 2.75) is 19.4 Å². The monoisotopic (exact) mass is 228 g/mol. The molecule has 0 amide bonds. The van der Waals surface area contributed by atoms with Crippen molar-refractivity contribution in [1.82, 2.24) is 0 Å². The van der Waals surface area contributed by atoms with Crippen LogP contribution in [0.15, 0.2) is 42.5 Å². The summed E-state index contributed by atoms with van der Waals surface area (Å²) in [4.78, 5) is 11.9. The standard InChI is InChI=1S/C15H16O2/c1-11(17-2)15(16)10-13-8-5-7-12-6-3-4-9-14(12)13/h3-9,11H,10H2,1-2H3. The van der Waals surface area contributed by atoms with Gasteiger partial charge in [0.1, 0.15) is 6.10 Å². The summed E-state index contributed by atoms with van der Waals surface area (Å²) in [5.41, 5.74) is 1.07. The van der Waals surface area contributed by atoms with E-state index in [2.05, 4.69) is 18.2 Å². The largest absolute Gasteiger partial charge is 0.374 e. The van der Waals surface area contributed by atoms with Crippen molar-refractivity contribution in [1.29, 1.82) is 0 Å². The van der Waals surface area contributed by atoms with Crippen molar-refractivity contribution in [3.05, 3.63) is 48.0 Å². The van der Waals surface area contributed by atoms with Gasteiger partial charge in [-0.3, -0.25) is 4.79 Å². The third-order valence-corrected chi connectivity index (χ3v) is 3.05. The topological polar surface area (TPSA) is 26.3 Å². The Morgan fingerprint density at radius 1 is 1.18 bits per heavy atom. The van der Waals surface area contributed by atoms with E-state index in [1.54, 1.807) is 14.0 Å². The molecule has 0 aliphatic rings. The van der Waals surface area contributed by atoms with Gasteiger partial charge in [0.15, 0.2) is 5.78 Å². The molecule has 0 fully saturated rings. The van der Waals surface area contributed by atoms with E-state index in [0.29, 0.717) is 6.42 Å². The van der Waals surface area contributed by atoms with E-state index in [0.717, 1.165) is 10.9 Å². The van der Waals surface area contributed by atoms with E-state index in [-0.39, 0.29) is 11.9 Å². The second kappa shape index (κ2) is 5.11. The Morgan fingerprint density at radius 3 is 2.65 bits per heavy atom. The van der Waals surface area contributed by atoms with Crippen LogP contribution in [0.2, 0.25) is 0 Å². The van der Waals surface area contributed by atoms with Crippen molar-refractivity contribution in [2.24, 2.45) is 0 Å². The highest BCUT2D eigenvalue weighted by Crippen LogP contribution is 2.19. The highest BCUT2D eigenvalue weighted by atomic mass is 16.5. The van der Waals surface area contributed by atoms with Gasteiger partial charge in [-0.2, -0.15) is 0 Å². The number of ether oxygens (including phenoxy) is 1. The Morgan fingerprint density at radius 2 is 1.88 bits per heavy atom. The minimum absolute atomic E-state index is 0.115. The maximum Gasteiger partial charge on any atom is 0.165 e. The normalized spacial score (nSPS) is 12.6. The molecular weight excluding hydrogens is 212 g/mol. The Bertz CT molecular complexity index is 526. The van der Waals surface area contributed by atoms with E-state index in [9.17, 15) is 4.79 Å². The molecule has 0 heterocycles. The number of carbonyl (C=O) groups is 1. The van der Waals surface area contributed by atoms with Crippen LogP contribution >= 0.6 is 0 Å². The first-order valence-electron chi connectivity index (χ1n) is 5.74. The third kappa shape index (κ3) is 2.53. The highest BCUT2D eigenvalue weighted by molar-refractivity contribution is 5.92. The van der Waals surface area contributed by atoms with Crippen LogP contribution in [0.5, 0.6) is 0 Å². The Hall–Kier alpha value is -1.67. The Balaban J connectivity index is 2.33. The van der Waals surface area contributed by atoms with Crippen molar-refractivity contribution in [2.75, 3.05) is 7.11 Å². The lowest BCUT2D eigenvalue weighted by atomic mass is 9.99. The zero-order valence-electron chi connectivity index (χ0n) is 10.1. The van der Waals surface area contributed by atoms with Gasteiger partial charge in [-0.15, -0.1) is 0 Å². The maximum absolute atomic E-state index is 11.9. The minimum Gasteiger partial charge on any atom is -0.374 e. The molecule has 2 rings (SSSR count). The summed E-state index contributed by atoms with van der Waals surface area (Å²) in [7, 11) is 1.56. The average Bonchev–Trinajstić information content (AvgIpc) is 2.38. The lowest BCUT2D eigenvalue weighted by Gasteiger charge is -2.10. The molecule has 0 radical (unpaired) electrons. The van der Waals surface area contributed by atoms with E-state index >= 15 is 0 Å². The van der Waals surface area contributed by atoms with Crippen LogP contribution in [0.3, 0.4) is 0 Å². The summed E-state index contributed by atoms with van der Waals surface area (Å²) in [6, 6.07) is 14.2. The minimum atomic E-state index is -0.339. The van der Waals surface area contributed by atoms with Gasteiger partial charge in [0.05, 0.1) is 0 Å². The van der Waals surface area contributed by atoms with Crippen LogP contribution in [0.1, 0.15) is 12.5 Å². The molecule has 0 bridgehead atoms. The quantitative estimate of drug-likeness (QED) is 0.804. The van der Waals surface area contributed by atoms with Gasteiger partial charge in [0, 0.05) is 13.5 Å². The van der Waals surface area contributed by atoms with Crippen molar-refractivity contribution >= 4 is 16.6 Å². The predicted octanol–water partition coefficient (Wildman–Crippen LogP) is 2.99. The number of hydrogen-bond acceptors (Lipinski definition) is 2. The summed E-state index contributed by atoms with van der Waals surface area (Å²) in [5, 5.41) is 2.31. The van der Waals surface area contributed by atoms with Crippen LogP contribution in [0.4, 0.5) is 0 Å². The number of hydrogen-bond donors (Lipinski definition) is 0. The summed E-state index contributed by atoms with van der Waals surface area (Å²) in [6.45, 7) is 1.79. The summed E-state index contributed by atoms with van der Waals surface area (Å²) >= 11 is 0. The van der Waals surface area contributed by atoms with Gasteiger partial charge < -0.3 is 4.74 Å². The molecule has 0 saturated heterocycles. The zero-order valence-corrected chi connectivity index (χ0v) is 10.1. The van der Waals surface area contributed by atoms with Gasteiger partial charge in [-0.25, -0.2) is 0 Å². The first-order valence-corrected chi connectivity index (χ1v) is 5.74. The molecule has 0 aromatic heterocycles. The smallest absolute Gasteiger partial charge is 0.165 e. The van der Waals surface area contributed by atoms with Crippen LogP contribution in [0, 0.1) is 0 Å². The maximum atomic E-state index is 11.9. The molecule has 2 nitrogen and oxygen atoms in total. The molecule has 88 valence electrons. The lowest BCUT2D eigenvalue weighted by Crippen LogP contribution is -2.21. The number of benzene rings is 2. The molecule has 2 aromatic rings. The van der Waals surface area contributed by atoms with E-state index < -0.39 is 0 Å². The third-order valence-electron chi connectivity index (χ3n) is 3.05. The van der Waals surface area contributed by atoms with Gasteiger partial charge in [-0.05, 0) is 23.3 Å².